The Morgan fingerprint density at radius 3 is 2.47 bits per heavy atom. The van der Waals surface area contributed by atoms with E-state index < -0.39 is 17.7 Å². The minimum atomic E-state index is -4.40. The molecule has 0 saturated carbocycles. The number of benzene rings is 2. The van der Waals surface area contributed by atoms with Gasteiger partial charge in [0.2, 0.25) is 11.8 Å². The number of anilines is 2. The second-order valence-electron chi connectivity index (χ2n) is 7.89. The van der Waals surface area contributed by atoms with E-state index in [-0.39, 0.29) is 31.3 Å². The highest BCUT2D eigenvalue weighted by Gasteiger charge is 2.35. The number of nitrogens with one attached hydrogen (secondary N) is 1. The molecule has 178 valence electrons. The van der Waals surface area contributed by atoms with Crippen LogP contribution in [0.15, 0.2) is 60.8 Å². The topological polar surface area (TPSA) is 76.5 Å². The van der Waals surface area contributed by atoms with Crippen LogP contribution >= 0.6 is 0 Å². The molecule has 3 aromatic rings. The summed E-state index contributed by atoms with van der Waals surface area (Å²) >= 11 is 0. The van der Waals surface area contributed by atoms with Crippen LogP contribution in [0.5, 0.6) is 5.75 Å². The summed E-state index contributed by atoms with van der Waals surface area (Å²) in [7, 11) is 0. The second-order valence-corrected chi connectivity index (χ2v) is 7.89. The maximum absolute atomic E-state index is 12.9. The van der Waals surface area contributed by atoms with Crippen molar-refractivity contribution in [2.75, 3.05) is 23.4 Å². The Labute approximate surface area is 194 Å². The lowest BCUT2D eigenvalue weighted by molar-refractivity contribution is -0.137. The zero-order chi connectivity index (χ0) is 24.3. The molecule has 2 aromatic carbocycles. The first-order valence-electron chi connectivity index (χ1n) is 10.8. The van der Waals surface area contributed by atoms with Crippen LogP contribution in [0.25, 0.3) is 0 Å². The number of ether oxygens (including phenoxy) is 1. The van der Waals surface area contributed by atoms with Crippen molar-refractivity contribution >= 4 is 23.3 Å². The molecule has 1 saturated heterocycles. The van der Waals surface area contributed by atoms with E-state index in [1.807, 2.05) is 6.92 Å². The van der Waals surface area contributed by atoms with Crippen molar-refractivity contribution in [3.8, 4) is 5.75 Å². The summed E-state index contributed by atoms with van der Waals surface area (Å²) < 4.78 is 45.2. The van der Waals surface area contributed by atoms with Crippen LogP contribution in [-0.4, -0.2) is 34.7 Å². The monoisotopic (exact) mass is 472 g/mol. The molecule has 7 nitrogen and oxygen atoms in total. The third kappa shape index (κ3) is 5.22. The second kappa shape index (κ2) is 9.58. The van der Waals surface area contributed by atoms with E-state index in [1.54, 1.807) is 35.2 Å². The molecule has 1 N–H and O–H groups in total. The number of alkyl halides is 3. The minimum absolute atomic E-state index is 0.0755. The molecule has 1 atom stereocenters. The van der Waals surface area contributed by atoms with Gasteiger partial charge in [-0.05, 0) is 48.9 Å². The Kier molecular flexibility index (Phi) is 6.58. The SMILES string of the molecule is CCOc1ccc(N2C[C@H](C(=O)Nc3ccnn3Cc3ccc(C(F)(F)F)cc3)CC2=O)cc1. The van der Waals surface area contributed by atoms with E-state index in [0.29, 0.717) is 29.4 Å². The number of hydrogen-bond donors (Lipinski definition) is 1. The minimum Gasteiger partial charge on any atom is -0.494 e. The molecule has 0 aliphatic carbocycles. The van der Waals surface area contributed by atoms with Crippen molar-refractivity contribution in [2.45, 2.75) is 26.1 Å². The number of hydrogen-bond acceptors (Lipinski definition) is 4. The van der Waals surface area contributed by atoms with Gasteiger partial charge in [0.1, 0.15) is 11.6 Å². The molecule has 4 rings (SSSR count). The molecule has 1 aromatic heterocycles. The van der Waals surface area contributed by atoms with Crippen molar-refractivity contribution in [1.29, 1.82) is 0 Å². The number of carbonyl (C=O) groups excluding carboxylic acids is 2. The molecule has 0 radical (unpaired) electrons. The van der Waals surface area contributed by atoms with Crippen LogP contribution in [-0.2, 0) is 22.3 Å². The first-order valence-corrected chi connectivity index (χ1v) is 10.8. The Hall–Kier alpha value is -3.82. The lowest BCUT2D eigenvalue weighted by atomic mass is 10.1. The number of aromatic nitrogens is 2. The van der Waals surface area contributed by atoms with Gasteiger partial charge in [-0.15, -0.1) is 0 Å². The van der Waals surface area contributed by atoms with Crippen molar-refractivity contribution in [1.82, 2.24) is 9.78 Å². The quantitative estimate of drug-likeness (QED) is 0.555. The molecule has 1 aliphatic heterocycles. The predicted molar refractivity (Wildman–Crippen MR) is 119 cm³/mol. The molecule has 0 unspecified atom stereocenters. The van der Waals surface area contributed by atoms with Gasteiger partial charge >= 0.3 is 6.18 Å². The highest BCUT2D eigenvalue weighted by molar-refractivity contribution is 6.03. The molecular weight excluding hydrogens is 449 g/mol. The third-order valence-electron chi connectivity index (χ3n) is 5.54. The highest BCUT2D eigenvalue weighted by atomic mass is 19.4. The summed E-state index contributed by atoms with van der Waals surface area (Å²) in [5.74, 6) is 0.0809. The van der Waals surface area contributed by atoms with Gasteiger partial charge in [0.05, 0.1) is 30.8 Å². The maximum Gasteiger partial charge on any atom is 0.416 e. The Balaban J connectivity index is 1.39. The Morgan fingerprint density at radius 1 is 1.12 bits per heavy atom. The van der Waals surface area contributed by atoms with Gasteiger partial charge in [0.15, 0.2) is 0 Å². The summed E-state index contributed by atoms with van der Waals surface area (Å²) in [6.45, 7) is 2.85. The van der Waals surface area contributed by atoms with Crippen LogP contribution in [0, 0.1) is 5.92 Å². The summed E-state index contributed by atoms with van der Waals surface area (Å²) in [4.78, 5) is 27.0. The van der Waals surface area contributed by atoms with E-state index in [4.69, 9.17) is 4.74 Å². The van der Waals surface area contributed by atoms with Gasteiger partial charge in [-0.25, -0.2) is 4.68 Å². The highest BCUT2D eigenvalue weighted by Crippen LogP contribution is 2.30. The molecular formula is C24H23F3N4O3. The molecule has 10 heteroatoms. The van der Waals surface area contributed by atoms with Crippen molar-refractivity contribution in [2.24, 2.45) is 5.92 Å². The molecule has 2 heterocycles. The largest absolute Gasteiger partial charge is 0.494 e. The summed E-state index contributed by atoms with van der Waals surface area (Å²) in [6.07, 6.45) is -2.83. The van der Waals surface area contributed by atoms with E-state index in [2.05, 4.69) is 10.4 Å². The van der Waals surface area contributed by atoms with Crippen LogP contribution < -0.4 is 15.0 Å². The van der Waals surface area contributed by atoms with Crippen LogP contribution in [0.2, 0.25) is 0 Å². The number of nitrogens with zero attached hydrogens (tertiary/aromatic N) is 3. The van der Waals surface area contributed by atoms with Gasteiger partial charge in [-0.2, -0.15) is 18.3 Å². The van der Waals surface area contributed by atoms with Crippen LogP contribution in [0.4, 0.5) is 24.7 Å². The van der Waals surface area contributed by atoms with E-state index in [9.17, 15) is 22.8 Å². The normalized spacial score (nSPS) is 16.1. The summed E-state index contributed by atoms with van der Waals surface area (Å²) in [5, 5.41) is 6.94. The average molecular weight is 472 g/mol. The van der Waals surface area contributed by atoms with Crippen LogP contribution in [0.3, 0.4) is 0 Å². The average Bonchev–Trinajstić information content (AvgIpc) is 3.40. The van der Waals surface area contributed by atoms with E-state index >= 15 is 0 Å². The number of amides is 2. The Morgan fingerprint density at radius 2 is 1.82 bits per heavy atom. The van der Waals surface area contributed by atoms with Gasteiger partial charge < -0.3 is 15.0 Å². The van der Waals surface area contributed by atoms with Crippen molar-refractivity contribution in [3.63, 3.8) is 0 Å². The fraction of sp³-hybridized carbons (Fsp3) is 0.292. The molecule has 1 aliphatic rings. The first-order chi connectivity index (χ1) is 16.2. The van der Waals surface area contributed by atoms with Crippen molar-refractivity contribution in [3.05, 3.63) is 71.9 Å². The van der Waals surface area contributed by atoms with Gasteiger partial charge in [-0.1, -0.05) is 12.1 Å². The van der Waals surface area contributed by atoms with Gasteiger partial charge in [-0.3, -0.25) is 9.59 Å². The number of rotatable bonds is 7. The predicted octanol–water partition coefficient (Wildman–Crippen LogP) is 4.34. The fourth-order valence-electron chi connectivity index (χ4n) is 3.79. The fourth-order valence-corrected chi connectivity index (χ4v) is 3.79. The molecule has 2 amide bonds. The Bertz CT molecular complexity index is 1160. The molecule has 0 spiro atoms. The maximum atomic E-state index is 12.9. The molecule has 0 bridgehead atoms. The molecule has 34 heavy (non-hydrogen) atoms. The third-order valence-corrected chi connectivity index (χ3v) is 5.54. The lowest BCUT2D eigenvalue weighted by Gasteiger charge is -2.17. The van der Waals surface area contributed by atoms with Gasteiger partial charge in [0.25, 0.3) is 0 Å². The lowest BCUT2D eigenvalue weighted by Crippen LogP contribution is -2.28. The van der Waals surface area contributed by atoms with Crippen LogP contribution in [0.1, 0.15) is 24.5 Å². The smallest absolute Gasteiger partial charge is 0.416 e. The zero-order valence-corrected chi connectivity index (χ0v) is 18.4. The zero-order valence-electron chi connectivity index (χ0n) is 18.4. The number of carbonyl (C=O) groups is 2. The molecule has 1 fully saturated rings. The van der Waals surface area contributed by atoms with E-state index in [0.717, 1.165) is 12.1 Å². The standard InChI is InChI=1S/C24H23F3N4O3/c1-2-34-20-9-7-19(8-10-20)30-15-17(13-22(30)32)23(33)29-21-11-12-28-31(21)14-16-3-5-18(6-4-16)24(25,26)27/h3-12,17H,2,13-15H2,1H3,(H,29,33)/t17-/m1/s1. The number of halogens is 3. The summed E-state index contributed by atoms with van der Waals surface area (Å²) in [5.41, 5.74) is 0.564. The van der Waals surface area contributed by atoms with E-state index in [1.165, 1.54) is 23.0 Å². The van der Waals surface area contributed by atoms with Crippen molar-refractivity contribution < 1.29 is 27.5 Å². The van der Waals surface area contributed by atoms with Gasteiger partial charge in [0, 0.05) is 24.7 Å². The summed E-state index contributed by atoms with van der Waals surface area (Å²) in [6, 6.07) is 13.5. The first kappa shape index (κ1) is 23.3.